The lowest BCUT2D eigenvalue weighted by Crippen LogP contribution is -2.14. The van der Waals surface area contributed by atoms with Gasteiger partial charge in [0.05, 0.1) is 19.8 Å². The number of carbonyl (C=O) groups excluding carboxylic acids is 1. The van der Waals surface area contributed by atoms with Crippen molar-refractivity contribution in [3.8, 4) is 11.5 Å². The Labute approximate surface area is 121 Å². The Morgan fingerprint density at radius 2 is 2.05 bits per heavy atom. The Bertz CT molecular complexity index is 632. The van der Waals surface area contributed by atoms with Crippen LogP contribution in [0.3, 0.4) is 0 Å². The average molecular weight is 293 g/mol. The van der Waals surface area contributed by atoms with E-state index in [1.165, 1.54) is 20.4 Å². The van der Waals surface area contributed by atoms with E-state index in [9.17, 15) is 4.79 Å². The molecule has 0 radical (unpaired) electrons. The second-order valence-electron chi connectivity index (χ2n) is 3.85. The fourth-order valence-electron chi connectivity index (χ4n) is 1.72. The number of halogens is 1. The quantitative estimate of drug-likeness (QED) is 0.941. The Hall–Kier alpha value is -2.27. The summed E-state index contributed by atoms with van der Waals surface area (Å²) in [5, 5.41) is 3.15. The molecule has 0 bridgehead atoms. The number of aromatic nitrogens is 1. The molecule has 20 heavy (non-hydrogen) atoms. The van der Waals surface area contributed by atoms with Gasteiger partial charge in [-0.3, -0.25) is 4.79 Å². The predicted octanol–water partition coefficient (Wildman–Crippen LogP) is 3.00. The molecule has 0 aliphatic carbocycles. The van der Waals surface area contributed by atoms with Crippen LogP contribution in [0, 0.1) is 0 Å². The minimum atomic E-state index is -0.351. The molecule has 0 atom stereocenters. The van der Waals surface area contributed by atoms with E-state index in [1.54, 1.807) is 30.3 Å². The normalized spacial score (nSPS) is 9.95. The van der Waals surface area contributed by atoms with Gasteiger partial charge >= 0.3 is 0 Å². The monoisotopic (exact) mass is 292 g/mol. The van der Waals surface area contributed by atoms with E-state index in [4.69, 9.17) is 21.1 Å². The largest absolute Gasteiger partial charge is 0.493 e. The van der Waals surface area contributed by atoms with Crippen molar-refractivity contribution in [3.63, 3.8) is 0 Å². The first-order valence-corrected chi connectivity index (χ1v) is 6.17. The van der Waals surface area contributed by atoms with E-state index >= 15 is 0 Å². The molecule has 104 valence electrons. The number of ether oxygens (including phenoxy) is 2. The van der Waals surface area contributed by atoms with Crippen LogP contribution < -0.4 is 14.8 Å². The van der Waals surface area contributed by atoms with Crippen molar-refractivity contribution in [1.29, 1.82) is 0 Å². The molecular weight excluding hydrogens is 280 g/mol. The van der Waals surface area contributed by atoms with E-state index in [1.807, 2.05) is 0 Å². The number of para-hydroxylation sites is 1. The molecule has 2 aromatic rings. The Morgan fingerprint density at radius 3 is 2.70 bits per heavy atom. The van der Waals surface area contributed by atoms with Crippen molar-refractivity contribution < 1.29 is 14.3 Å². The van der Waals surface area contributed by atoms with Crippen LogP contribution in [0.15, 0.2) is 36.5 Å². The molecule has 0 aliphatic rings. The van der Waals surface area contributed by atoms with Crippen molar-refractivity contribution >= 4 is 23.3 Å². The van der Waals surface area contributed by atoms with E-state index < -0.39 is 0 Å². The number of hydrogen-bond acceptors (Lipinski definition) is 4. The molecule has 0 saturated carbocycles. The van der Waals surface area contributed by atoms with Gasteiger partial charge in [0.1, 0.15) is 5.82 Å². The van der Waals surface area contributed by atoms with Crippen molar-refractivity contribution in [1.82, 2.24) is 4.98 Å². The molecule has 0 unspecified atom stereocenters. The molecule has 0 fully saturated rings. The predicted molar refractivity (Wildman–Crippen MR) is 76.7 cm³/mol. The van der Waals surface area contributed by atoms with Crippen LogP contribution in [0.25, 0.3) is 0 Å². The maximum absolute atomic E-state index is 12.2. The van der Waals surface area contributed by atoms with Gasteiger partial charge in [0.2, 0.25) is 0 Å². The maximum Gasteiger partial charge on any atom is 0.260 e. The number of hydrogen-bond donors (Lipinski definition) is 1. The molecule has 1 amide bonds. The summed E-state index contributed by atoms with van der Waals surface area (Å²) in [7, 11) is 2.99. The third-order valence-corrected chi connectivity index (χ3v) is 2.85. The summed E-state index contributed by atoms with van der Waals surface area (Å²) in [6.45, 7) is 0. The second kappa shape index (κ2) is 6.25. The molecule has 1 aromatic heterocycles. The SMILES string of the molecule is COc1cccc(C(=O)Nc2cc(Cl)ccn2)c1OC. The summed E-state index contributed by atoms with van der Waals surface area (Å²) in [6.07, 6.45) is 1.51. The first-order valence-electron chi connectivity index (χ1n) is 5.79. The summed E-state index contributed by atoms with van der Waals surface area (Å²) in [5.74, 6) is 0.872. The lowest BCUT2D eigenvalue weighted by Gasteiger charge is -2.12. The first kappa shape index (κ1) is 14.1. The van der Waals surface area contributed by atoms with Crippen LogP contribution in [0.2, 0.25) is 5.02 Å². The smallest absolute Gasteiger partial charge is 0.260 e. The molecule has 0 aliphatic heterocycles. The summed E-state index contributed by atoms with van der Waals surface area (Å²) in [5.41, 5.74) is 0.355. The second-order valence-corrected chi connectivity index (χ2v) is 4.29. The van der Waals surface area contributed by atoms with Gasteiger partial charge in [-0.25, -0.2) is 4.98 Å². The van der Waals surface area contributed by atoms with E-state index in [0.29, 0.717) is 27.9 Å². The highest BCUT2D eigenvalue weighted by atomic mass is 35.5. The zero-order valence-electron chi connectivity index (χ0n) is 11.0. The lowest BCUT2D eigenvalue weighted by atomic mass is 10.1. The van der Waals surface area contributed by atoms with Crippen LogP contribution in [0.5, 0.6) is 11.5 Å². The van der Waals surface area contributed by atoms with E-state index in [2.05, 4.69) is 10.3 Å². The third-order valence-electron chi connectivity index (χ3n) is 2.61. The number of anilines is 1. The zero-order valence-corrected chi connectivity index (χ0v) is 11.8. The van der Waals surface area contributed by atoms with Gasteiger partial charge in [0.25, 0.3) is 5.91 Å². The molecule has 5 nitrogen and oxygen atoms in total. The van der Waals surface area contributed by atoms with Gasteiger partial charge in [-0.05, 0) is 24.3 Å². The average Bonchev–Trinajstić information content (AvgIpc) is 2.46. The van der Waals surface area contributed by atoms with Crippen molar-refractivity contribution in [2.24, 2.45) is 0 Å². The molecule has 2 rings (SSSR count). The first-order chi connectivity index (χ1) is 9.65. The molecule has 1 aromatic carbocycles. The number of rotatable bonds is 4. The highest BCUT2D eigenvalue weighted by Crippen LogP contribution is 2.31. The standard InChI is InChI=1S/C14H13ClN2O3/c1-19-11-5-3-4-10(13(11)20-2)14(18)17-12-8-9(15)6-7-16-12/h3-8H,1-2H3,(H,16,17,18). The van der Waals surface area contributed by atoms with Gasteiger partial charge in [0, 0.05) is 11.2 Å². The molecule has 0 spiro atoms. The Kier molecular flexibility index (Phi) is 4.42. The van der Waals surface area contributed by atoms with Gasteiger partial charge in [-0.1, -0.05) is 17.7 Å². The number of amides is 1. The van der Waals surface area contributed by atoms with Crippen molar-refractivity contribution in [2.45, 2.75) is 0 Å². The lowest BCUT2D eigenvalue weighted by molar-refractivity contribution is 0.102. The van der Waals surface area contributed by atoms with Gasteiger partial charge in [-0.2, -0.15) is 0 Å². The number of nitrogens with zero attached hydrogens (tertiary/aromatic N) is 1. The highest BCUT2D eigenvalue weighted by molar-refractivity contribution is 6.30. The number of methoxy groups -OCH3 is 2. The third kappa shape index (κ3) is 3.00. The summed E-state index contributed by atoms with van der Waals surface area (Å²) in [4.78, 5) is 16.3. The molecule has 1 N–H and O–H groups in total. The van der Waals surface area contributed by atoms with Crippen LogP contribution in [-0.2, 0) is 0 Å². The van der Waals surface area contributed by atoms with Gasteiger partial charge < -0.3 is 14.8 Å². The number of pyridine rings is 1. The summed E-state index contributed by atoms with van der Waals surface area (Å²) in [6, 6.07) is 8.26. The highest BCUT2D eigenvalue weighted by Gasteiger charge is 2.16. The topological polar surface area (TPSA) is 60.5 Å². The summed E-state index contributed by atoms with van der Waals surface area (Å²) < 4.78 is 10.4. The van der Waals surface area contributed by atoms with Gasteiger partial charge in [0.15, 0.2) is 11.5 Å². The number of carbonyl (C=O) groups is 1. The molecule has 6 heteroatoms. The molecule has 0 saturated heterocycles. The van der Waals surface area contributed by atoms with Gasteiger partial charge in [-0.15, -0.1) is 0 Å². The fraction of sp³-hybridized carbons (Fsp3) is 0.143. The fourth-order valence-corrected chi connectivity index (χ4v) is 1.88. The number of nitrogens with one attached hydrogen (secondary N) is 1. The summed E-state index contributed by atoms with van der Waals surface area (Å²) >= 11 is 5.84. The maximum atomic E-state index is 12.2. The van der Waals surface area contributed by atoms with E-state index in [0.717, 1.165) is 0 Å². The minimum absolute atomic E-state index is 0.351. The van der Waals surface area contributed by atoms with Crippen LogP contribution in [0.4, 0.5) is 5.82 Å². The van der Waals surface area contributed by atoms with Crippen molar-refractivity contribution in [2.75, 3.05) is 19.5 Å². The molecular formula is C14H13ClN2O3. The Morgan fingerprint density at radius 1 is 1.25 bits per heavy atom. The van der Waals surface area contributed by atoms with Crippen molar-refractivity contribution in [3.05, 3.63) is 47.1 Å². The van der Waals surface area contributed by atoms with Crippen LogP contribution >= 0.6 is 11.6 Å². The zero-order chi connectivity index (χ0) is 14.5. The van der Waals surface area contributed by atoms with E-state index in [-0.39, 0.29) is 5.91 Å². The minimum Gasteiger partial charge on any atom is -0.493 e. The number of benzene rings is 1. The molecule has 1 heterocycles. The van der Waals surface area contributed by atoms with Crippen LogP contribution in [-0.4, -0.2) is 25.1 Å². The van der Waals surface area contributed by atoms with Crippen LogP contribution in [0.1, 0.15) is 10.4 Å². The Balaban J connectivity index is 2.30.